The number of amides is 1. The molecule has 3 atom stereocenters. The average Bonchev–Trinajstić information content (AvgIpc) is 2.81. The monoisotopic (exact) mass is 227 g/mol. The van der Waals surface area contributed by atoms with Crippen molar-refractivity contribution in [1.29, 1.82) is 0 Å². The Bertz CT molecular complexity index is 257. The maximum Gasteiger partial charge on any atom is 0.410 e. The van der Waals surface area contributed by atoms with Crippen LogP contribution in [-0.4, -0.2) is 29.7 Å². The van der Waals surface area contributed by atoms with Crippen LogP contribution < -0.4 is 0 Å². The van der Waals surface area contributed by atoms with Gasteiger partial charge in [0.15, 0.2) is 0 Å². The maximum atomic E-state index is 11.9. The van der Waals surface area contributed by atoms with Crippen LogP contribution in [0.15, 0.2) is 0 Å². The molecule has 3 nitrogen and oxygen atoms in total. The zero-order valence-electron chi connectivity index (χ0n) is 11.4. The van der Waals surface area contributed by atoms with Crippen LogP contribution in [0.1, 0.15) is 47.5 Å². The van der Waals surface area contributed by atoms with E-state index in [1.54, 1.807) is 4.90 Å². The SMILES string of the molecule is CCC([C@@H]1CC1C)N(C)C(=O)OC(C)(C)C. The fraction of sp³-hybridized carbons (Fsp3) is 0.923. The Labute approximate surface area is 99.1 Å². The van der Waals surface area contributed by atoms with Crippen LogP contribution in [0.2, 0.25) is 0 Å². The van der Waals surface area contributed by atoms with Gasteiger partial charge in [-0.1, -0.05) is 13.8 Å². The summed E-state index contributed by atoms with van der Waals surface area (Å²) in [4.78, 5) is 13.7. The highest BCUT2D eigenvalue weighted by Crippen LogP contribution is 2.43. The lowest BCUT2D eigenvalue weighted by molar-refractivity contribution is 0.0194. The molecule has 0 aliphatic heterocycles. The van der Waals surface area contributed by atoms with Crippen molar-refractivity contribution >= 4 is 6.09 Å². The molecule has 0 bridgehead atoms. The summed E-state index contributed by atoms with van der Waals surface area (Å²) >= 11 is 0. The van der Waals surface area contributed by atoms with Crippen molar-refractivity contribution in [3.63, 3.8) is 0 Å². The Kier molecular flexibility index (Phi) is 3.87. The molecule has 0 saturated heterocycles. The minimum atomic E-state index is -0.404. The quantitative estimate of drug-likeness (QED) is 0.740. The Morgan fingerprint density at radius 3 is 2.31 bits per heavy atom. The fourth-order valence-electron chi connectivity index (χ4n) is 2.22. The van der Waals surface area contributed by atoms with Crippen LogP contribution in [0, 0.1) is 11.8 Å². The van der Waals surface area contributed by atoms with Crippen LogP contribution >= 0.6 is 0 Å². The van der Waals surface area contributed by atoms with E-state index in [1.807, 2.05) is 27.8 Å². The van der Waals surface area contributed by atoms with E-state index in [2.05, 4.69) is 13.8 Å². The summed E-state index contributed by atoms with van der Waals surface area (Å²) in [6, 6.07) is 0.338. The first-order valence-electron chi connectivity index (χ1n) is 6.22. The second-order valence-corrected chi connectivity index (χ2v) is 5.94. The number of ether oxygens (including phenoxy) is 1. The predicted octanol–water partition coefficient (Wildman–Crippen LogP) is 3.29. The molecule has 1 saturated carbocycles. The summed E-state index contributed by atoms with van der Waals surface area (Å²) in [7, 11) is 1.85. The van der Waals surface area contributed by atoms with Crippen molar-refractivity contribution < 1.29 is 9.53 Å². The topological polar surface area (TPSA) is 29.5 Å². The van der Waals surface area contributed by atoms with Crippen LogP contribution in [0.25, 0.3) is 0 Å². The van der Waals surface area contributed by atoms with Crippen molar-refractivity contribution in [2.75, 3.05) is 7.05 Å². The van der Waals surface area contributed by atoms with Gasteiger partial charge in [-0.25, -0.2) is 4.79 Å². The van der Waals surface area contributed by atoms with E-state index < -0.39 is 5.60 Å². The smallest absolute Gasteiger partial charge is 0.410 e. The minimum Gasteiger partial charge on any atom is -0.444 e. The molecule has 0 spiro atoms. The molecule has 1 aliphatic carbocycles. The number of rotatable bonds is 3. The van der Waals surface area contributed by atoms with E-state index in [-0.39, 0.29) is 6.09 Å². The van der Waals surface area contributed by atoms with Crippen LogP contribution in [0.4, 0.5) is 4.79 Å². The largest absolute Gasteiger partial charge is 0.444 e. The lowest BCUT2D eigenvalue weighted by Gasteiger charge is -2.30. The Hall–Kier alpha value is -0.730. The Balaban J connectivity index is 2.54. The highest BCUT2D eigenvalue weighted by atomic mass is 16.6. The summed E-state index contributed by atoms with van der Waals surface area (Å²) in [6.07, 6.45) is 2.05. The third-order valence-electron chi connectivity index (χ3n) is 3.26. The van der Waals surface area contributed by atoms with Crippen molar-refractivity contribution in [1.82, 2.24) is 4.90 Å². The van der Waals surface area contributed by atoms with Crippen molar-refractivity contribution in [2.24, 2.45) is 11.8 Å². The summed E-state index contributed by atoms with van der Waals surface area (Å²) in [5.41, 5.74) is -0.404. The predicted molar refractivity (Wildman–Crippen MR) is 65.3 cm³/mol. The molecule has 3 heteroatoms. The summed E-state index contributed by atoms with van der Waals surface area (Å²) in [6.45, 7) is 10.1. The van der Waals surface area contributed by atoms with Gasteiger partial charge < -0.3 is 9.64 Å². The van der Waals surface area contributed by atoms with Gasteiger partial charge in [0.2, 0.25) is 0 Å². The van der Waals surface area contributed by atoms with Gasteiger partial charge in [-0.15, -0.1) is 0 Å². The molecule has 0 heterocycles. The van der Waals surface area contributed by atoms with E-state index in [0.717, 1.165) is 12.3 Å². The standard InChI is InChI=1S/C13H25NO2/c1-7-11(10-8-9(10)2)14(6)12(15)16-13(3,4)5/h9-11H,7-8H2,1-6H3/t9?,10-,11?/m1/s1. The second kappa shape index (κ2) is 4.64. The zero-order valence-corrected chi connectivity index (χ0v) is 11.4. The molecule has 1 rings (SSSR count). The summed E-state index contributed by atoms with van der Waals surface area (Å²) in [5.74, 6) is 1.43. The third kappa shape index (κ3) is 3.39. The maximum absolute atomic E-state index is 11.9. The van der Waals surface area contributed by atoms with Gasteiger partial charge in [-0.2, -0.15) is 0 Å². The van der Waals surface area contributed by atoms with Crippen molar-refractivity contribution in [2.45, 2.75) is 59.1 Å². The summed E-state index contributed by atoms with van der Waals surface area (Å²) in [5, 5.41) is 0. The fourth-order valence-corrected chi connectivity index (χ4v) is 2.22. The number of hydrogen-bond acceptors (Lipinski definition) is 2. The lowest BCUT2D eigenvalue weighted by Crippen LogP contribution is -2.41. The Morgan fingerprint density at radius 2 is 2.00 bits per heavy atom. The van der Waals surface area contributed by atoms with Gasteiger partial charge in [0.1, 0.15) is 5.60 Å². The first-order valence-corrected chi connectivity index (χ1v) is 6.22. The van der Waals surface area contributed by atoms with Gasteiger partial charge in [-0.3, -0.25) is 0 Å². The summed E-state index contributed by atoms with van der Waals surface area (Å²) < 4.78 is 5.38. The van der Waals surface area contributed by atoms with E-state index in [0.29, 0.717) is 12.0 Å². The van der Waals surface area contributed by atoms with Gasteiger partial charge in [-0.05, 0) is 45.4 Å². The van der Waals surface area contributed by atoms with Crippen molar-refractivity contribution in [3.05, 3.63) is 0 Å². The van der Waals surface area contributed by atoms with E-state index >= 15 is 0 Å². The van der Waals surface area contributed by atoms with Crippen LogP contribution in [0.3, 0.4) is 0 Å². The Morgan fingerprint density at radius 1 is 1.50 bits per heavy atom. The van der Waals surface area contributed by atoms with Crippen molar-refractivity contribution in [3.8, 4) is 0 Å². The molecule has 0 aromatic heterocycles. The number of carbonyl (C=O) groups is 1. The highest BCUT2D eigenvalue weighted by molar-refractivity contribution is 5.68. The number of nitrogens with zero attached hydrogens (tertiary/aromatic N) is 1. The van der Waals surface area contributed by atoms with Gasteiger partial charge >= 0.3 is 6.09 Å². The highest BCUT2D eigenvalue weighted by Gasteiger charge is 2.42. The number of hydrogen-bond donors (Lipinski definition) is 0. The van der Waals surface area contributed by atoms with E-state index in [4.69, 9.17) is 4.74 Å². The van der Waals surface area contributed by atoms with Gasteiger partial charge in [0.05, 0.1) is 0 Å². The zero-order chi connectivity index (χ0) is 12.5. The molecule has 1 amide bonds. The van der Waals surface area contributed by atoms with E-state index in [1.165, 1.54) is 6.42 Å². The lowest BCUT2D eigenvalue weighted by atomic mass is 10.1. The molecule has 16 heavy (non-hydrogen) atoms. The van der Waals surface area contributed by atoms with Gasteiger partial charge in [0.25, 0.3) is 0 Å². The molecule has 0 aromatic carbocycles. The molecule has 1 fully saturated rings. The van der Waals surface area contributed by atoms with Gasteiger partial charge in [0, 0.05) is 13.1 Å². The second-order valence-electron chi connectivity index (χ2n) is 5.94. The first-order chi connectivity index (χ1) is 7.26. The molecule has 0 N–H and O–H groups in total. The number of carbonyl (C=O) groups excluding carboxylic acids is 1. The molecule has 0 aromatic rings. The van der Waals surface area contributed by atoms with E-state index in [9.17, 15) is 4.79 Å². The van der Waals surface area contributed by atoms with Crippen LogP contribution in [0.5, 0.6) is 0 Å². The molecule has 94 valence electrons. The molecule has 2 unspecified atom stereocenters. The first kappa shape index (κ1) is 13.3. The molecular formula is C13H25NO2. The average molecular weight is 227 g/mol. The van der Waals surface area contributed by atoms with Crippen LogP contribution in [-0.2, 0) is 4.74 Å². The third-order valence-corrected chi connectivity index (χ3v) is 3.26. The minimum absolute atomic E-state index is 0.196. The molecule has 0 radical (unpaired) electrons. The molecular weight excluding hydrogens is 202 g/mol. The normalized spacial score (nSPS) is 26.1. The molecule has 1 aliphatic rings.